The van der Waals surface area contributed by atoms with Gasteiger partial charge in [-0.1, -0.05) is 59.3 Å². The molecule has 1 rings (SSSR count). The Balaban J connectivity index is 2.32. The van der Waals surface area contributed by atoms with E-state index in [4.69, 9.17) is 0 Å². The lowest BCUT2D eigenvalue weighted by Gasteiger charge is -2.28. The quantitative estimate of drug-likeness (QED) is 0.644. The summed E-state index contributed by atoms with van der Waals surface area (Å²) in [5, 5.41) is 3.78. The van der Waals surface area contributed by atoms with Gasteiger partial charge in [0.25, 0.3) is 0 Å². The van der Waals surface area contributed by atoms with E-state index in [-0.39, 0.29) is 0 Å². The van der Waals surface area contributed by atoms with Crippen molar-refractivity contribution in [3.63, 3.8) is 0 Å². The first-order chi connectivity index (χ1) is 8.26. The Hall–Kier alpha value is -0.0400. The van der Waals surface area contributed by atoms with Gasteiger partial charge in [0.05, 0.1) is 0 Å². The van der Waals surface area contributed by atoms with Crippen LogP contribution in [-0.4, -0.2) is 12.6 Å². The Labute approximate surface area is 109 Å². The minimum Gasteiger partial charge on any atom is -0.314 e. The van der Waals surface area contributed by atoms with Crippen molar-refractivity contribution in [3.05, 3.63) is 0 Å². The third kappa shape index (κ3) is 6.45. The van der Waals surface area contributed by atoms with Crippen molar-refractivity contribution in [2.24, 2.45) is 11.8 Å². The Morgan fingerprint density at radius 2 is 1.82 bits per heavy atom. The maximum Gasteiger partial charge on any atom is 0.00722 e. The average molecular weight is 239 g/mol. The molecule has 1 fully saturated rings. The van der Waals surface area contributed by atoms with Gasteiger partial charge in [-0.25, -0.2) is 0 Å². The Kier molecular flexibility index (Phi) is 7.92. The highest BCUT2D eigenvalue weighted by Crippen LogP contribution is 2.29. The molecular formula is C16H33N. The van der Waals surface area contributed by atoms with E-state index in [9.17, 15) is 0 Å². The molecule has 2 unspecified atom stereocenters. The molecule has 0 bridgehead atoms. The molecule has 102 valence electrons. The molecule has 0 aromatic rings. The lowest BCUT2D eigenvalue weighted by molar-refractivity contribution is 0.273. The average Bonchev–Trinajstić information content (AvgIpc) is 2.37. The zero-order chi connectivity index (χ0) is 12.5. The molecule has 2 atom stereocenters. The number of rotatable bonds is 8. The Morgan fingerprint density at radius 3 is 2.41 bits per heavy atom. The molecule has 0 saturated heterocycles. The van der Waals surface area contributed by atoms with E-state index in [1.807, 2.05) is 0 Å². The van der Waals surface area contributed by atoms with E-state index in [2.05, 4.69) is 26.1 Å². The largest absolute Gasteiger partial charge is 0.314 e. The monoisotopic (exact) mass is 239 g/mol. The van der Waals surface area contributed by atoms with Gasteiger partial charge in [-0.15, -0.1) is 0 Å². The van der Waals surface area contributed by atoms with Crippen LogP contribution in [-0.2, 0) is 0 Å². The van der Waals surface area contributed by atoms with E-state index in [0.29, 0.717) is 0 Å². The summed E-state index contributed by atoms with van der Waals surface area (Å²) in [7, 11) is 0. The van der Waals surface area contributed by atoms with Gasteiger partial charge in [-0.05, 0) is 37.6 Å². The molecule has 0 aromatic heterocycles. The highest BCUT2D eigenvalue weighted by molar-refractivity contribution is 4.76. The minimum absolute atomic E-state index is 0.785. The smallest absolute Gasteiger partial charge is 0.00722 e. The standard InChI is InChI=1S/C16H33N/c1-4-11-17-16(12-14(3)5-2)13-15-9-7-6-8-10-15/h14-17H,4-13H2,1-3H3. The van der Waals surface area contributed by atoms with Gasteiger partial charge in [0.1, 0.15) is 0 Å². The fourth-order valence-electron chi connectivity index (χ4n) is 3.09. The Morgan fingerprint density at radius 1 is 1.12 bits per heavy atom. The predicted octanol–water partition coefficient (Wildman–Crippen LogP) is 4.76. The van der Waals surface area contributed by atoms with Gasteiger partial charge in [-0.2, -0.15) is 0 Å². The van der Waals surface area contributed by atoms with Gasteiger partial charge in [-0.3, -0.25) is 0 Å². The molecule has 1 saturated carbocycles. The van der Waals surface area contributed by atoms with Crippen LogP contribution in [0.1, 0.15) is 78.6 Å². The molecule has 0 aromatic carbocycles. The maximum atomic E-state index is 3.78. The second kappa shape index (κ2) is 8.97. The summed E-state index contributed by atoms with van der Waals surface area (Å²) in [6.07, 6.45) is 12.8. The van der Waals surface area contributed by atoms with Crippen molar-refractivity contribution < 1.29 is 0 Å². The van der Waals surface area contributed by atoms with Crippen LogP contribution in [0.25, 0.3) is 0 Å². The van der Waals surface area contributed by atoms with E-state index in [1.54, 1.807) is 0 Å². The van der Waals surface area contributed by atoms with E-state index in [0.717, 1.165) is 17.9 Å². The summed E-state index contributed by atoms with van der Waals surface area (Å²) < 4.78 is 0. The van der Waals surface area contributed by atoms with Gasteiger partial charge in [0, 0.05) is 6.04 Å². The first-order valence-electron chi connectivity index (χ1n) is 7.99. The third-order valence-electron chi connectivity index (χ3n) is 4.41. The molecule has 1 N–H and O–H groups in total. The van der Waals surface area contributed by atoms with Gasteiger partial charge >= 0.3 is 0 Å². The zero-order valence-corrected chi connectivity index (χ0v) is 12.3. The fourth-order valence-corrected chi connectivity index (χ4v) is 3.09. The molecule has 0 spiro atoms. The van der Waals surface area contributed by atoms with Crippen LogP contribution in [0.5, 0.6) is 0 Å². The molecule has 0 radical (unpaired) electrons. The maximum absolute atomic E-state index is 3.78. The van der Waals surface area contributed by atoms with Crippen molar-refractivity contribution >= 4 is 0 Å². The van der Waals surface area contributed by atoms with Crippen LogP contribution in [0.3, 0.4) is 0 Å². The highest BCUT2D eigenvalue weighted by atomic mass is 14.9. The van der Waals surface area contributed by atoms with Crippen molar-refractivity contribution in [1.29, 1.82) is 0 Å². The number of hydrogen-bond acceptors (Lipinski definition) is 1. The van der Waals surface area contributed by atoms with Crippen molar-refractivity contribution in [1.82, 2.24) is 5.32 Å². The number of hydrogen-bond donors (Lipinski definition) is 1. The second-order valence-electron chi connectivity index (χ2n) is 6.14. The van der Waals surface area contributed by atoms with Crippen LogP contribution >= 0.6 is 0 Å². The summed E-state index contributed by atoms with van der Waals surface area (Å²) >= 11 is 0. The van der Waals surface area contributed by atoms with Gasteiger partial charge < -0.3 is 5.32 Å². The van der Waals surface area contributed by atoms with E-state index in [1.165, 1.54) is 64.3 Å². The molecule has 1 heteroatoms. The van der Waals surface area contributed by atoms with Crippen LogP contribution < -0.4 is 5.32 Å². The first kappa shape index (κ1) is 15.0. The van der Waals surface area contributed by atoms with Crippen molar-refractivity contribution in [3.8, 4) is 0 Å². The van der Waals surface area contributed by atoms with Crippen molar-refractivity contribution in [2.45, 2.75) is 84.6 Å². The molecule has 0 aliphatic heterocycles. The lowest BCUT2D eigenvalue weighted by atomic mass is 9.83. The lowest BCUT2D eigenvalue weighted by Crippen LogP contribution is -2.33. The highest BCUT2D eigenvalue weighted by Gasteiger charge is 2.19. The topological polar surface area (TPSA) is 12.0 Å². The SMILES string of the molecule is CCCNC(CC(C)CC)CC1CCCCC1. The summed E-state index contributed by atoms with van der Waals surface area (Å²) in [5.41, 5.74) is 0. The normalized spacial score (nSPS) is 21.4. The summed E-state index contributed by atoms with van der Waals surface area (Å²) in [4.78, 5) is 0. The second-order valence-corrected chi connectivity index (χ2v) is 6.14. The zero-order valence-electron chi connectivity index (χ0n) is 12.3. The number of nitrogens with one attached hydrogen (secondary N) is 1. The van der Waals surface area contributed by atoms with Crippen LogP contribution in [0.2, 0.25) is 0 Å². The van der Waals surface area contributed by atoms with Crippen LogP contribution in [0.4, 0.5) is 0 Å². The molecule has 0 heterocycles. The fraction of sp³-hybridized carbons (Fsp3) is 1.00. The minimum atomic E-state index is 0.785. The Bertz CT molecular complexity index is 172. The van der Waals surface area contributed by atoms with E-state index < -0.39 is 0 Å². The summed E-state index contributed by atoms with van der Waals surface area (Å²) in [6, 6.07) is 0.785. The third-order valence-corrected chi connectivity index (χ3v) is 4.41. The predicted molar refractivity (Wildman–Crippen MR) is 77.3 cm³/mol. The molecule has 0 amide bonds. The van der Waals surface area contributed by atoms with Crippen LogP contribution in [0.15, 0.2) is 0 Å². The molecule has 1 aliphatic carbocycles. The van der Waals surface area contributed by atoms with Gasteiger partial charge in [0.2, 0.25) is 0 Å². The van der Waals surface area contributed by atoms with Crippen LogP contribution in [0, 0.1) is 11.8 Å². The molecule has 1 aliphatic rings. The molecular weight excluding hydrogens is 206 g/mol. The van der Waals surface area contributed by atoms with E-state index >= 15 is 0 Å². The first-order valence-corrected chi connectivity index (χ1v) is 7.99. The summed E-state index contributed by atoms with van der Waals surface area (Å²) in [6.45, 7) is 8.20. The molecule has 1 nitrogen and oxygen atoms in total. The van der Waals surface area contributed by atoms with Crippen molar-refractivity contribution in [2.75, 3.05) is 6.54 Å². The van der Waals surface area contributed by atoms with Gasteiger partial charge in [0.15, 0.2) is 0 Å². The molecule has 17 heavy (non-hydrogen) atoms. The summed E-state index contributed by atoms with van der Waals surface area (Å²) in [5.74, 6) is 1.90.